The fourth-order valence-electron chi connectivity index (χ4n) is 1.78. The highest BCUT2D eigenvalue weighted by Gasteiger charge is 2.75. The summed E-state index contributed by atoms with van der Waals surface area (Å²) in [6.45, 7) is 2.75. The molecule has 12 heteroatoms. The van der Waals surface area contributed by atoms with Gasteiger partial charge in [0.1, 0.15) is 6.04 Å². The van der Waals surface area contributed by atoms with Crippen LogP contribution in [0, 0.1) is 5.92 Å². The molecule has 1 amide bonds. The first kappa shape index (κ1) is 24.2. The molecule has 0 aliphatic carbocycles. The normalized spacial score (nSPS) is 15.2. The average Bonchev–Trinajstić information content (AvgIpc) is 2.51. The van der Waals surface area contributed by atoms with E-state index in [1.54, 1.807) is 12.2 Å². The Balaban J connectivity index is 5.63. The van der Waals surface area contributed by atoms with Crippen LogP contribution in [-0.4, -0.2) is 49.3 Å². The quantitative estimate of drug-likeness (QED) is 0.363. The van der Waals surface area contributed by atoms with Crippen molar-refractivity contribution in [2.45, 2.75) is 57.7 Å². The van der Waals surface area contributed by atoms with Crippen molar-refractivity contribution in [3.05, 3.63) is 0 Å². The Hall–Kier alpha value is -1.75. The Morgan fingerprint density at radius 1 is 1.00 bits per heavy atom. The SMILES string of the molecule is CCCCOC(=O)C(NC(=O)OCC)C(C)C(F)(F)C(F)(F)C(F)(F)F. The zero-order valence-corrected chi connectivity index (χ0v) is 14.3. The molecule has 5 nitrogen and oxygen atoms in total. The van der Waals surface area contributed by atoms with Crippen LogP contribution >= 0.6 is 0 Å². The summed E-state index contributed by atoms with van der Waals surface area (Å²) in [5, 5.41) is 1.56. The topological polar surface area (TPSA) is 64.6 Å². The van der Waals surface area contributed by atoms with Crippen molar-refractivity contribution < 1.29 is 49.8 Å². The molecule has 0 bridgehead atoms. The van der Waals surface area contributed by atoms with Crippen LogP contribution in [-0.2, 0) is 14.3 Å². The van der Waals surface area contributed by atoms with E-state index in [1.807, 2.05) is 0 Å². The van der Waals surface area contributed by atoms with E-state index in [0.29, 0.717) is 12.8 Å². The summed E-state index contributed by atoms with van der Waals surface area (Å²) in [7, 11) is 0. The minimum Gasteiger partial charge on any atom is -0.464 e. The van der Waals surface area contributed by atoms with E-state index in [2.05, 4.69) is 9.47 Å². The van der Waals surface area contributed by atoms with Crippen LogP contribution in [0.3, 0.4) is 0 Å². The largest absolute Gasteiger partial charge is 0.464 e. The molecule has 0 aliphatic rings. The van der Waals surface area contributed by atoms with Crippen molar-refractivity contribution in [3.8, 4) is 0 Å². The zero-order chi connectivity index (χ0) is 20.8. The second-order valence-corrected chi connectivity index (χ2v) is 5.35. The second kappa shape index (κ2) is 9.26. The van der Waals surface area contributed by atoms with Gasteiger partial charge in [-0.25, -0.2) is 9.59 Å². The summed E-state index contributed by atoms with van der Waals surface area (Å²) < 4.78 is 100. The van der Waals surface area contributed by atoms with Crippen LogP contribution in [0.15, 0.2) is 0 Å². The minimum atomic E-state index is -6.56. The van der Waals surface area contributed by atoms with Gasteiger partial charge in [0.25, 0.3) is 0 Å². The number of carbonyl (C=O) groups excluding carboxylic acids is 2. The van der Waals surface area contributed by atoms with Gasteiger partial charge in [0.2, 0.25) is 0 Å². The third-order valence-corrected chi connectivity index (χ3v) is 3.39. The standard InChI is InChI=1S/C14H20F7NO4/c1-4-6-7-26-10(23)9(22-11(24)25-5-2)8(3)12(15,16)13(17,18)14(19,20)21/h8-9H,4-7H2,1-3H3,(H,22,24). The van der Waals surface area contributed by atoms with Crippen LogP contribution < -0.4 is 5.32 Å². The molecule has 154 valence electrons. The van der Waals surface area contributed by atoms with E-state index < -0.39 is 42.0 Å². The third kappa shape index (κ3) is 5.63. The van der Waals surface area contributed by atoms with Crippen LogP contribution in [0.25, 0.3) is 0 Å². The van der Waals surface area contributed by atoms with Crippen molar-refractivity contribution in [2.75, 3.05) is 13.2 Å². The molecule has 1 N–H and O–H groups in total. The van der Waals surface area contributed by atoms with E-state index in [-0.39, 0.29) is 20.1 Å². The summed E-state index contributed by atoms with van der Waals surface area (Å²) >= 11 is 0. The maximum atomic E-state index is 13.9. The molecule has 0 aromatic rings. The zero-order valence-electron chi connectivity index (χ0n) is 14.3. The lowest BCUT2D eigenvalue weighted by Crippen LogP contribution is -2.61. The van der Waals surface area contributed by atoms with E-state index >= 15 is 0 Å². The smallest absolute Gasteiger partial charge is 0.459 e. The average molecular weight is 399 g/mol. The predicted octanol–water partition coefficient (Wildman–Crippen LogP) is 3.91. The molecule has 0 saturated heterocycles. The number of rotatable bonds is 9. The number of hydrogen-bond donors (Lipinski definition) is 1. The number of amides is 1. The number of hydrogen-bond acceptors (Lipinski definition) is 4. The minimum absolute atomic E-state index is 0.257. The van der Waals surface area contributed by atoms with Gasteiger partial charge in [0.05, 0.1) is 19.1 Å². The molecular weight excluding hydrogens is 379 g/mol. The molecule has 0 heterocycles. The van der Waals surface area contributed by atoms with E-state index in [4.69, 9.17) is 0 Å². The first-order chi connectivity index (χ1) is 11.7. The first-order valence-electron chi connectivity index (χ1n) is 7.66. The first-order valence-corrected chi connectivity index (χ1v) is 7.66. The van der Waals surface area contributed by atoms with Gasteiger partial charge in [-0.15, -0.1) is 0 Å². The number of alkyl carbamates (subject to hydrolysis) is 1. The van der Waals surface area contributed by atoms with Crippen molar-refractivity contribution >= 4 is 12.1 Å². The molecule has 0 aliphatic heterocycles. The van der Waals surface area contributed by atoms with Crippen LogP contribution in [0.2, 0.25) is 0 Å². The number of alkyl halides is 7. The lowest BCUT2D eigenvalue weighted by atomic mass is 9.90. The Morgan fingerprint density at radius 2 is 1.54 bits per heavy atom. The lowest BCUT2D eigenvalue weighted by Gasteiger charge is -2.35. The van der Waals surface area contributed by atoms with Crippen molar-refractivity contribution in [1.82, 2.24) is 5.32 Å². The molecule has 0 rings (SSSR count). The summed E-state index contributed by atoms with van der Waals surface area (Å²) in [4.78, 5) is 23.2. The third-order valence-electron chi connectivity index (χ3n) is 3.39. The van der Waals surface area contributed by atoms with Gasteiger partial charge < -0.3 is 14.8 Å². The van der Waals surface area contributed by atoms with Gasteiger partial charge in [-0.3, -0.25) is 0 Å². The molecular formula is C14H20F7NO4. The maximum absolute atomic E-state index is 13.9. The van der Waals surface area contributed by atoms with Gasteiger partial charge in [-0.2, -0.15) is 30.7 Å². The van der Waals surface area contributed by atoms with Crippen molar-refractivity contribution in [1.29, 1.82) is 0 Å². The number of halogens is 7. The second-order valence-electron chi connectivity index (χ2n) is 5.35. The van der Waals surface area contributed by atoms with E-state index in [0.717, 1.165) is 0 Å². The van der Waals surface area contributed by atoms with Gasteiger partial charge in [0.15, 0.2) is 0 Å². The number of carbonyl (C=O) groups is 2. The Kier molecular flexibility index (Phi) is 8.64. The molecule has 0 fully saturated rings. The summed E-state index contributed by atoms with van der Waals surface area (Å²) in [6.07, 6.45) is -7.18. The highest BCUT2D eigenvalue weighted by atomic mass is 19.4. The number of unbranched alkanes of at least 4 members (excludes halogenated alkanes) is 1. The van der Waals surface area contributed by atoms with Gasteiger partial charge in [-0.05, 0) is 13.3 Å². The Bertz CT molecular complexity index is 482. The summed E-state index contributed by atoms with van der Waals surface area (Å²) in [5.41, 5.74) is 0. The number of esters is 1. The molecule has 0 aromatic heterocycles. The summed E-state index contributed by atoms with van der Waals surface area (Å²) in [5.74, 6) is -16.7. The molecule has 0 saturated carbocycles. The fraction of sp³-hybridized carbons (Fsp3) is 0.857. The van der Waals surface area contributed by atoms with Crippen LogP contribution in [0.5, 0.6) is 0 Å². The molecule has 0 radical (unpaired) electrons. The van der Waals surface area contributed by atoms with Crippen LogP contribution in [0.1, 0.15) is 33.6 Å². The number of nitrogens with one attached hydrogen (secondary N) is 1. The van der Waals surface area contributed by atoms with Crippen molar-refractivity contribution in [2.24, 2.45) is 5.92 Å². The Labute approximate surface area is 145 Å². The van der Waals surface area contributed by atoms with Gasteiger partial charge >= 0.3 is 30.1 Å². The summed E-state index contributed by atoms with van der Waals surface area (Å²) in [6, 6.07) is -2.48. The van der Waals surface area contributed by atoms with Gasteiger partial charge in [0, 0.05) is 0 Å². The van der Waals surface area contributed by atoms with Gasteiger partial charge in [-0.1, -0.05) is 20.3 Å². The van der Waals surface area contributed by atoms with Crippen LogP contribution in [0.4, 0.5) is 35.5 Å². The molecule has 0 spiro atoms. The molecule has 2 atom stereocenters. The molecule has 26 heavy (non-hydrogen) atoms. The number of ether oxygens (including phenoxy) is 2. The highest BCUT2D eigenvalue weighted by Crippen LogP contribution is 2.50. The van der Waals surface area contributed by atoms with E-state index in [1.165, 1.54) is 6.92 Å². The lowest BCUT2D eigenvalue weighted by molar-refractivity contribution is -0.365. The highest BCUT2D eigenvalue weighted by molar-refractivity contribution is 5.81. The molecule has 2 unspecified atom stereocenters. The monoisotopic (exact) mass is 399 g/mol. The predicted molar refractivity (Wildman–Crippen MR) is 74.9 cm³/mol. The maximum Gasteiger partial charge on any atom is 0.459 e. The van der Waals surface area contributed by atoms with E-state index in [9.17, 15) is 40.3 Å². The molecule has 0 aromatic carbocycles. The fourth-order valence-corrected chi connectivity index (χ4v) is 1.78. The van der Waals surface area contributed by atoms with Crippen molar-refractivity contribution in [3.63, 3.8) is 0 Å². The Morgan fingerprint density at radius 3 is 1.96 bits per heavy atom.